The van der Waals surface area contributed by atoms with Gasteiger partial charge >= 0.3 is 0 Å². The van der Waals surface area contributed by atoms with Crippen molar-refractivity contribution in [2.24, 2.45) is 35.5 Å². The third-order valence-electron chi connectivity index (χ3n) is 19.9. The van der Waals surface area contributed by atoms with E-state index < -0.39 is 0 Å². The van der Waals surface area contributed by atoms with Crippen molar-refractivity contribution in [1.82, 2.24) is 0 Å². The van der Waals surface area contributed by atoms with Gasteiger partial charge in [0.25, 0.3) is 0 Å². The van der Waals surface area contributed by atoms with Crippen LogP contribution in [0.15, 0.2) is 84.9 Å². The number of hydrogen-bond acceptors (Lipinski definition) is 0. The quantitative estimate of drug-likeness (QED) is 0.153. The van der Waals surface area contributed by atoms with Crippen molar-refractivity contribution >= 4 is 21.5 Å². The number of hydrogen-bond donors (Lipinski definition) is 0. The summed E-state index contributed by atoms with van der Waals surface area (Å²) in [5.74, 6) is 5.07. The van der Waals surface area contributed by atoms with Gasteiger partial charge in [-0.25, -0.2) is 0 Å². The van der Waals surface area contributed by atoms with Crippen molar-refractivity contribution in [3.63, 3.8) is 0 Å². The van der Waals surface area contributed by atoms with E-state index in [9.17, 15) is 0 Å². The Morgan fingerprint density at radius 1 is 0.355 bits per heavy atom. The van der Waals surface area contributed by atoms with Crippen LogP contribution in [0.3, 0.4) is 0 Å². The van der Waals surface area contributed by atoms with Crippen molar-refractivity contribution in [3.8, 4) is 33.4 Å². The van der Waals surface area contributed by atoms with Crippen LogP contribution in [0.1, 0.15) is 171 Å². The molecule has 6 saturated carbocycles. The molecule has 0 amide bonds. The van der Waals surface area contributed by atoms with Crippen LogP contribution in [0, 0.1) is 35.5 Å². The lowest BCUT2D eigenvalue weighted by molar-refractivity contribution is -0.00384. The van der Waals surface area contributed by atoms with Crippen molar-refractivity contribution in [2.75, 3.05) is 0 Å². The Bertz CT molecular complexity index is 2940. The fourth-order valence-electron chi connectivity index (χ4n) is 18.8. The van der Waals surface area contributed by atoms with Gasteiger partial charge in [-0.2, -0.15) is 0 Å². The minimum atomic E-state index is -0.167. The summed E-state index contributed by atoms with van der Waals surface area (Å²) in [7, 11) is 0. The summed E-state index contributed by atoms with van der Waals surface area (Å²) in [4.78, 5) is 0. The van der Waals surface area contributed by atoms with Gasteiger partial charge in [-0.05, 0) is 229 Å². The van der Waals surface area contributed by atoms with Gasteiger partial charge in [-0.1, -0.05) is 128 Å². The van der Waals surface area contributed by atoms with Gasteiger partial charge in [0.15, 0.2) is 0 Å². The first-order valence-electron chi connectivity index (χ1n) is 25.2. The molecule has 0 saturated heterocycles. The molecule has 314 valence electrons. The van der Waals surface area contributed by atoms with Crippen LogP contribution >= 0.6 is 0 Å². The molecule has 9 aliphatic rings. The molecule has 6 bridgehead atoms. The predicted octanol–water partition coefficient (Wildman–Crippen LogP) is 16.5. The zero-order chi connectivity index (χ0) is 42.0. The summed E-state index contributed by atoms with van der Waals surface area (Å²) in [6.45, 7) is 20.6. The number of rotatable bonds is 2. The first-order valence-corrected chi connectivity index (χ1v) is 25.2. The summed E-state index contributed by atoms with van der Waals surface area (Å²) in [6, 6.07) is 34.9. The Labute approximate surface area is 371 Å². The van der Waals surface area contributed by atoms with E-state index in [0.717, 1.165) is 35.5 Å². The van der Waals surface area contributed by atoms with Crippen LogP contribution < -0.4 is 0 Å². The summed E-state index contributed by atoms with van der Waals surface area (Å²) >= 11 is 0. The SMILES string of the molecule is CC1CC2CC(C)CC(c3c4ccccc4c(C45CC6CC(CC(C6)C4)C5)c4cc5c(cc34)C(C)(C)c3c4c(c6c(c3-5)C(C)(C)c3ccccc3-6)C(C)(C)c3ccccc3-4)(C1)C2. The third kappa shape index (κ3) is 4.42. The van der Waals surface area contributed by atoms with Crippen molar-refractivity contribution in [3.05, 3.63) is 129 Å². The second-order valence-corrected chi connectivity index (χ2v) is 25.1. The van der Waals surface area contributed by atoms with Crippen LogP contribution in [0.25, 0.3) is 54.9 Å². The van der Waals surface area contributed by atoms with Gasteiger partial charge in [-0.3, -0.25) is 0 Å². The van der Waals surface area contributed by atoms with Crippen LogP contribution in [0.4, 0.5) is 0 Å². The van der Waals surface area contributed by atoms with E-state index in [2.05, 4.69) is 140 Å². The molecule has 62 heavy (non-hydrogen) atoms. The smallest absolute Gasteiger partial charge is 0.0165 e. The largest absolute Gasteiger partial charge is 0.0625 e. The van der Waals surface area contributed by atoms with Crippen LogP contribution in [-0.2, 0) is 27.1 Å². The van der Waals surface area contributed by atoms with E-state index in [-0.39, 0.29) is 27.1 Å². The Kier molecular flexibility index (Phi) is 7.05. The maximum absolute atomic E-state index is 2.90. The van der Waals surface area contributed by atoms with Gasteiger partial charge in [0, 0.05) is 16.2 Å². The second kappa shape index (κ2) is 11.7. The van der Waals surface area contributed by atoms with Gasteiger partial charge in [0.05, 0.1) is 0 Å². The molecule has 6 aromatic carbocycles. The number of benzene rings is 6. The van der Waals surface area contributed by atoms with E-state index in [1.807, 2.05) is 0 Å². The number of fused-ring (bicyclic) bond motifs is 16. The van der Waals surface area contributed by atoms with Gasteiger partial charge < -0.3 is 0 Å². The summed E-state index contributed by atoms with van der Waals surface area (Å²) in [5, 5.41) is 6.54. The second-order valence-electron chi connectivity index (χ2n) is 25.1. The molecule has 0 N–H and O–H groups in total. The molecule has 0 radical (unpaired) electrons. The van der Waals surface area contributed by atoms with E-state index in [1.54, 1.807) is 77.2 Å². The molecule has 2 unspecified atom stereocenters. The maximum atomic E-state index is 2.90. The molecular formula is C62H66. The topological polar surface area (TPSA) is 0 Å². The van der Waals surface area contributed by atoms with E-state index in [1.165, 1.54) is 92.9 Å². The highest BCUT2D eigenvalue weighted by Crippen LogP contribution is 2.69. The average molecular weight is 811 g/mol. The Balaban J connectivity index is 1.16. The summed E-state index contributed by atoms with van der Waals surface area (Å²) < 4.78 is 0. The molecule has 0 heterocycles. The lowest BCUT2D eigenvalue weighted by Gasteiger charge is -2.58. The van der Waals surface area contributed by atoms with Gasteiger partial charge in [0.2, 0.25) is 0 Å². The van der Waals surface area contributed by atoms with Gasteiger partial charge in [-0.15, -0.1) is 0 Å². The molecule has 0 aliphatic heterocycles. The highest BCUT2D eigenvalue weighted by molar-refractivity contribution is 6.12. The molecular weight excluding hydrogens is 745 g/mol. The third-order valence-corrected chi connectivity index (χ3v) is 19.9. The average Bonchev–Trinajstić information content (AvgIpc) is 3.70. The van der Waals surface area contributed by atoms with E-state index in [0.29, 0.717) is 0 Å². The first kappa shape index (κ1) is 37.2. The molecule has 0 heteroatoms. The Morgan fingerprint density at radius 3 is 1.21 bits per heavy atom. The molecule has 15 rings (SSSR count). The molecule has 6 fully saturated rings. The lowest BCUT2D eigenvalue weighted by atomic mass is 9.47. The summed E-state index contributed by atoms with van der Waals surface area (Å²) in [6.07, 6.45) is 15.5. The Hall–Kier alpha value is -4.16. The van der Waals surface area contributed by atoms with E-state index in [4.69, 9.17) is 0 Å². The van der Waals surface area contributed by atoms with Crippen molar-refractivity contribution in [1.29, 1.82) is 0 Å². The minimum absolute atomic E-state index is 0.101. The molecule has 2 atom stereocenters. The predicted molar refractivity (Wildman–Crippen MR) is 261 cm³/mol. The van der Waals surface area contributed by atoms with E-state index >= 15 is 0 Å². The monoisotopic (exact) mass is 811 g/mol. The highest BCUT2D eigenvalue weighted by Gasteiger charge is 2.56. The van der Waals surface area contributed by atoms with Gasteiger partial charge in [0.1, 0.15) is 0 Å². The molecule has 0 aromatic heterocycles. The maximum Gasteiger partial charge on any atom is 0.0165 e. The molecule has 0 spiro atoms. The Morgan fingerprint density at radius 2 is 0.726 bits per heavy atom. The zero-order valence-corrected chi connectivity index (χ0v) is 38.8. The molecule has 0 nitrogen and oxygen atoms in total. The fourth-order valence-corrected chi connectivity index (χ4v) is 18.8. The fraction of sp³-hybridized carbons (Fsp3) is 0.484. The van der Waals surface area contributed by atoms with Crippen LogP contribution in [-0.4, -0.2) is 0 Å². The van der Waals surface area contributed by atoms with Crippen LogP contribution in [0.5, 0.6) is 0 Å². The standard InChI is InChI=1S/C62H66/c1-34-21-36-22-35(2)29-61(28-34,30-36)54-41-16-10-9-15-40(41)53(62-31-37-23-38(32-62)25-39(24-37)33-62)44-26-46-49(27-45(44)54)60(7,8)57-51-43-18-12-13-19-47(43)58(3,4)55(51)50-42-17-11-14-20-48(42)59(5,6)56(50)52(46)57/h9-20,26-27,34-39H,21-25,28-33H2,1-8H3. The minimum Gasteiger partial charge on any atom is -0.0625 e. The zero-order valence-electron chi connectivity index (χ0n) is 38.8. The lowest BCUT2D eigenvalue weighted by Crippen LogP contribution is -2.49. The van der Waals surface area contributed by atoms with Crippen molar-refractivity contribution < 1.29 is 0 Å². The highest BCUT2D eigenvalue weighted by atomic mass is 14.6. The molecule has 9 aliphatic carbocycles. The van der Waals surface area contributed by atoms with Crippen LogP contribution in [0.2, 0.25) is 0 Å². The normalized spacial score (nSPS) is 33.0. The first-order chi connectivity index (χ1) is 29.7. The summed E-state index contributed by atoms with van der Waals surface area (Å²) in [5.41, 5.74) is 22.1. The van der Waals surface area contributed by atoms with Crippen molar-refractivity contribution in [2.45, 2.75) is 153 Å². The molecule has 6 aromatic rings.